The van der Waals surface area contributed by atoms with Crippen LogP contribution < -0.4 is 0 Å². The van der Waals surface area contributed by atoms with E-state index in [1.807, 2.05) is 30.6 Å². The molecule has 31 heavy (non-hydrogen) atoms. The Balaban J connectivity index is 0.000000501. The van der Waals surface area contributed by atoms with Crippen molar-refractivity contribution in [3.05, 3.63) is 84.2 Å². The van der Waals surface area contributed by atoms with Gasteiger partial charge in [-0.05, 0) is 68.7 Å². The molecular weight excluding hydrogens is 382 g/mol. The molecule has 4 heteroatoms. The van der Waals surface area contributed by atoms with E-state index < -0.39 is 0 Å². The van der Waals surface area contributed by atoms with Crippen LogP contribution in [0.15, 0.2) is 61.7 Å². The summed E-state index contributed by atoms with van der Waals surface area (Å²) < 4.78 is 4.60. The molecule has 1 aliphatic rings. The van der Waals surface area contributed by atoms with Gasteiger partial charge in [0.25, 0.3) is 0 Å². The number of likely N-dealkylation sites (tertiary alicyclic amines) is 1. The van der Waals surface area contributed by atoms with Gasteiger partial charge in [-0.3, -0.25) is 14.9 Å². The summed E-state index contributed by atoms with van der Waals surface area (Å²) in [7, 11) is 1.64. The third kappa shape index (κ3) is 7.03. The molecule has 2 aromatic heterocycles. The molecule has 0 aromatic carbocycles. The Kier molecular flexibility index (Phi) is 10.5. The van der Waals surface area contributed by atoms with Crippen molar-refractivity contribution in [3.63, 3.8) is 0 Å². The summed E-state index contributed by atoms with van der Waals surface area (Å²) in [5, 5.41) is 0. The molecule has 1 fully saturated rings. The molecule has 1 saturated heterocycles. The van der Waals surface area contributed by atoms with Gasteiger partial charge in [0.1, 0.15) is 0 Å². The van der Waals surface area contributed by atoms with Gasteiger partial charge in [0.2, 0.25) is 0 Å². The summed E-state index contributed by atoms with van der Waals surface area (Å²) >= 11 is 0. The molecule has 3 unspecified atom stereocenters. The number of ether oxygens (including phenoxy) is 1. The topological polar surface area (TPSA) is 38.2 Å². The fraction of sp³-hybridized carbons (Fsp3) is 0.481. The summed E-state index contributed by atoms with van der Waals surface area (Å²) in [6.07, 6.45) is 14.1. The quantitative estimate of drug-likeness (QED) is 0.366. The van der Waals surface area contributed by atoms with Crippen molar-refractivity contribution in [3.8, 4) is 0 Å². The van der Waals surface area contributed by atoms with E-state index in [1.54, 1.807) is 13.4 Å². The van der Waals surface area contributed by atoms with Gasteiger partial charge in [-0.1, -0.05) is 38.1 Å². The van der Waals surface area contributed by atoms with E-state index in [2.05, 4.69) is 62.1 Å². The summed E-state index contributed by atoms with van der Waals surface area (Å²) in [5.41, 5.74) is 5.00. The number of pyridine rings is 2. The molecular formula is C27H39N3O. The molecule has 3 rings (SSSR count). The van der Waals surface area contributed by atoms with Crippen LogP contribution in [-0.2, 0) is 4.74 Å². The van der Waals surface area contributed by atoms with E-state index in [0.29, 0.717) is 18.0 Å². The highest BCUT2D eigenvalue weighted by Gasteiger charge is 2.35. The van der Waals surface area contributed by atoms with Crippen LogP contribution in [0.2, 0.25) is 0 Å². The van der Waals surface area contributed by atoms with Crippen molar-refractivity contribution in [2.24, 2.45) is 5.92 Å². The lowest BCUT2D eigenvalue weighted by Gasteiger charge is -2.43. The maximum atomic E-state index is 4.75. The molecule has 4 nitrogen and oxygen atoms in total. The van der Waals surface area contributed by atoms with E-state index in [-0.39, 0.29) is 0 Å². The van der Waals surface area contributed by atoms with Gasteiger partial charge in [0.05, 0.1) is 36.8 Å². The first-order valence-electron chi connectivity index (χ1n) is 11.4. The van der Waals surface area contributed by atoms with Crippen LogP contribution in [0.1, 0.15) is 74.1 Å². The Morgan fingerprint density at radius 1 is 1.10 bits per heavy atom. The summed E-state index contributed by atoms with van der Waals surface area (Å²) in [6.45, 7) is 13.6. The largest absolute Gasteiger partial charge is 0.505 e. The standard InChI is InChI=1S/C22H29N3.C5H10O/c1-5-16(2)15-25-19(21-17(3)9-7-13-23-21)11-6-12-20(25)22-18(4)10-8-14-24-22;1-3-4-5-6-2/h5,7-10,13-14,16,19-20H,1,6,11-12,15H2,2-4H3;4-5H,3H2,1-2H3/b;5-4+. The van der Waals surface area contributed by atoms with Crippen molar-refractivity contribution >= 4 is 0 Å². The van der Waals surface area contributed by atoms with Crippen LogP contribution in [0.25, 0.3) is 0 Å². The lowest BCUT2D eigenvalue weighted by Crippen LogP contribution is -2.40. The van der Waals surface area contributed by atoms with Gasteiger partial charge in [0, 0.05) is 18.9 Å². The Hall–Kier alpha value is -2.46. The highest BCUT2D eigenvalue weighted by Crippen LogP contribution is 2.42. The first-order chi connectivity index (χ1) is 15.0. The van der Waals surface area contributed by atoms with Crippen LogP contribution in [0.5, 0.6) is 0 Å². The average molecular weight is 422 g/mol. The minimum absolute atomic E-state index is 0.351. The summed E-state index contributed by atoms with van der Waals surface area (Å²) in [5.74, 6) is 0.441. The fourth-order valence-electron chi connectivity index (χ4n) is 4.19. The molecule has 0 saturated carbocycles. The fourth-order valence-corrected chi connectivity index (χ4v) is 4.19. The number of rotatable bonds is 7. The van der Waals surface area contributed by atoms with E-state index in [0.717, 1.165) is 25.8 Å². The number of aromatic nitrogens is 2. The molecule has 0 radical (unpaired) electrons. The molecule has 3 atom stereocenters. The Labute approximate surface area is 189 Å². The van der Waals surface area contributed by atoms with Gasteiger partial charge in [-0.25, -0.2) is 0 Å². The van der Waals surface area contributed by atoms with E-state index in [9.17, 15) is 0 Å². The molecule has 0 bridgehead atoms. The Morgan fingerprint density at radius 3 is 2.03 bits per heavy atom. The maximum absolute atomic E-state index is 4.75. The monoisotopic (exact) mass is 421 g/mol. The molecule has 168 valence electrons. The van der Waals surface area contributed by atoms with Crippen molar-refractivity contribution in [1.82, 2.24) is 14.9 Å². The molecule has 0 amide bonds. The second kappa shape index (κ2) is 13.1. The van der Waals surface area contributed by atoms with E-state index in [1.165, 1.54) is 28.9 Å². The second-order valence-corrected chi connectivity index (χ2v) is 8.30. The van der Waals surface area contributed by atoms with Crippen LogP contribution in [0.3, 0.4) is 0 Å². The number of piperidine rings is 1. The smallest absolute Gasteiger partial charge is 0.0784 e. The van der Waals surface area contributed by atoms with Gasteiger partial charge in [-0.2, -0.15) is 0 Å². The van der Waals surface area contributed by atoms with Crippen molar-refractivity contribution in [2.45, 2.75) is 65.5 Å². The van der Waals surface area contributed by atoms with E-state index >= 15 is 0 Å². The summed E-state index contributed by atoms with van der Waals surface area (Å²) in [4.78, 5) is 12.1. The predicted molar refractivity (Wildman–Crippen MR) is 130 cm³/mol. The zero-order valence-electron chi connectivity index (χ0n) is 19.9. The highest BCUT2D eigenvalue weighted by atomic mass is 16.5. The van der Waals surface area contributed by atoms with Crippen molar-refractivity contribution in [1.29, 1.82) is 0 Å². The minimum atomic E-state index is 0.351. The number of nitrogens with zero attached hydrogens (tertiary/aromatic N) is 3. The summed E-state index contributed by atoms with van der Waals surface area (Å²) in [6, 6.07) is 9.10. The zero-order valence-corrected chi connectivity index (χ0v) is 19.9. The van der Waals surface area contributed by atoms with Gasteiger partial charge in [-0.15, -0.1) is 6.58 Å². The zero-order chi connectivity index (χ0) is 22.6. The number of allylic oxidation sites excluding steroid dienone is 1. The number of aryl methyl sites for hydroxylation is 2. The van der Waals surface area contributed by atoms with Crippen molar-refractivity contribution in [2.75, 3.05) is 13.7 Å². The molecule has 1 aliphatic heterocycles. The molecule has 2 aromatic rings. The van der Waals surface area contributed by atoms with E-state index in [4.69, 9.17) is 9.97 Å². The Bertz CT molecular complexity index is 773. The van der Waals surface area contributed by atoms with Gasteiger partial charge >= 0.3 is 0 Å². The molecule has 3 heterocycles. The molecule has 0 spiro atoms. The molecule has 0 N–H and O–H groups in total. The maximum Gasteiger partial charge on any atom is 0.0784 e. The first kappa shape index (κ1) is 24.8. The predicted octanol–water partition coefficient (Wildman–Crippen LogP) is 6.74. The van der Waals surface area contributed by atoms with Crippen LogP contribution >= 0.6 is 0 Å². The van der Waals surface area contributed by atoms with Crippen molar-refractivity contribution < 1.29 is 4.74 Å². The van der Waals surface area contributed by atoms with Crippen LogP contribution in [-0.4, -0.2) is 28.5 Å². The second-order valence-electron chi connectivity index (χ2n) is 8.30. The first-order valence-corrected chi connectivity index (χ1v) is 11.4. The third-order valence-corrected chi connectivity index (χ3v) is 5.86. The third-order valence-electron chi connectivity index (χ3n) is 5.86. The van der Waals surface area contributed by atoms with Crippen LogP contribution in [0.4, 0.5) is 0 Å². The minimum Gasteiger partial charge on any atom is -0.505 e. The highest BCUT2D eigenvalue weighted by molar-refractivity contribution is 5.26. The average Bonchev–Trinajstić information content (AvgIpc) is 2.79. The number of hydrogen-bond donors (Lipinski definition) is 0. The molecule has 0 aliphatic carbocycles. The number of hydrogen-bond acceptors (Lipinski definition) is 4. The van der Waals surface area contributed by atoms with Crippen LogP contribution in [0, 0.1) is 19.8 Å². The van der Waals surface area contributed by atoms with Gasteiger partial charge < -0.3 is 4.74 Å². The lowest BCUT2D eigenvalue weighted by molar-refractivity contribution is 0.0673. The van der Waals surface area contributed by atoms with Gasteiger partial charge in [0.15, 0.2) is 0 Å². The lowest BCUT2D eigenvalue weighted by atomic mass is 9.88. The normalized spacial score (nSPS) is 20.0. The SMILES string of the molecule is C=CC(C)CN1C(c2ncccc2C)CCCC1c1ncccc1C.CC/C=C/OC. The Morgan fingerprint density at radius 2 is 1.65 bits per heavy atom. The number of methoxy groups -OCH3 is 1.